The summed E-state index contributed by atoms with van der Waals surface area (Å²) in [5.74, 6) is -0.963. The van der Waals surface area contributed by atoms with Crippen molar-refractivity contribution in [3.05, 3.63) is 17.0 Å². The molecule has 0 radical (unpaired) electrons. The molecule has 6 heteroatoms. The first kappa shape index (κ1) is 14.2. The Morgan fingerprint density at radius 2 is 1.94 bits per heavy atom. The summed E-state index contributed by atoms with van der Waals surface area (Å²) in [7, 11) is 3.37. The number of carbonyl (C=O) groups is 2. The molecule has 0 aliphatic carbocycles. The molecule has 0 saturated heterocycles. The predicted molar refractivity (Wildman–Crippen MR) is 66.4 cm³/mol. The Bertz CT molecular complexity index is 477. The van der Waals surface area contributed by atoms with Gasteiger partial charge >= 0.3 is 5.97 Å². The standard InChI is InChI=1S/C12H19N3O3/c1-7-10(6-11(16)17)8(2)15(13-7)9(3)12(18)14(4)5/h9H,6H2,1-5H3,(H,16,17). The summed E-state index contributed by atoms with van der Waals surface area (Å²) in [6.45, 7) is 5.30. The topological polar surface area (TPSA) is 75.4 Å². The molecule has 0 spiro atoms. The highest BCUT2D eigenvalue weighted by Gasteiger charge is 2.22. The van der Waals surface area contributed by atoms with Gasteiger partial charge < -0.3 is 10.0 Å². The molecular formula is C12H19N3O3. The van der Waals surface area contributed by atoms with E-state index in [1.54, 1.807) is 39.5 Å². The second-order valence-electron chi connectivity index (χ2n) is 4.57. The van der Waals surface area contributed by atoms with Gasteiger partial charge in [-0.1, -0.05) is 0 Å². The molecular weight excluding hydrogens is 234 g/mol. The Labute approximate surface area is 106 Å². The Morgan fingerprint density at radius 3 is 2.39 bits per heavy atom. The third kappa shape index (κ3) is 2.69. The SMILES string of the molecule is Cc1nn(C(C)C(=O)N(C)C)c(C)c1CC(=O)O. The van der Waals surface area contributed by atoms with Crippen LogP contribution < -0.4 is 0 Å². The molecule has 1 unspecified atom stereocenters. The Morgan fingerprint density at radius 1 is 1.39 bits per heavy atom. The molecule has 100 valence electrons. The van der Waals surface area contributed by atoms with Crippen molar-refractivity contribution in [1.29, 1.82) is 0 Å². The molecule has 0 fully saturated rings. The molecule has 0 aliphatic rings. The zero-order valence-corrected chi connectivity index (χ0v) is 11.4. The monoisotopic (exact) mass is 253 g/mol. The molecule has 1 amide bonds. The van der Waals surface area contributed by atoms with Crippen molar-refractivity contribution in [3.63, 3.8) is 0 Å². The number of hydrogen-bond acceptors (Lipinski definition) is 3. The molecule has 6 nitrogen and oxygen atoms in total. The van der Waals surface area contributed by atoms with Crippen LogP contribution in [0.5, 0.6) is 0 Å². The van der Waals surface area contributed by atoms with E-state index in [4.69, 9.17) is 5.11 Å². The van der Waals surface area contributed by atoms with Gasteiger partial charge in [-0.05, 0) is 20.8 Å². The lowest BCUT2D eigenvalue weighted by Crippen LogP contribution is -2.31. The van der Waals surface area contributed by atoms with Gasteiger partial charge in [-0.25, -0.2) is 0 Å². The minimum Gasteiger partial charge on any atom is -0.481 e. The molecule has 1 heterocycles. The molecule has 1 atom stereocenters. The highest BCUT2D eigenvalue weighted by Crippen LogP contribution is 2.19. The highest BCUT2D eigenvalue weighted by atomic mass is 16.4. The van der Waals surface area contributed by atoms with E-state index in [9.17, 15) is 9.59 Å². The number of amides is 1. The van der Waals surface area contributed by atoms with Crippen molar-refractivity contribution in [3.8, 4) is 0 Å². The minimum absolute atomic E-state index is 0.0672. The van der Waals surface area contributed by atoms with Crippen molar-refractivity contribution >= 4 is 11.9 Å². The molecule has 1 aromatic heterocycles. The first-order chi connectivity index (χ1) is 8.25. The summed E-state index contributed by atoms with van der Waals surface area (Å²) in [5, 5.41) is 13.1. The number of carboxylic acid groups (broad SMARTS) is 1. The number of aliphatic carboxylic acids is 1. The number of aryl methyl sites for hydroxylation is 1. The number of nitrogens with zero attached hydrogens (tertiary/aromatic N) is 3. The average molecular weight is 253 g/mol. The second-order valence-corrected chi connectivity index (χ2v) is 4.57. The van der Waals surface area contributed by atoms with Gasteiger partial charge in [-0.3, -0.25) is 14.3 Å². The summed E-state index contributed by atoms with van der Waals surface area (Å²) >= 11 is 0. The largest absolute Gasteiger partial charge is 0.481 e. The van der Waals surface area contributed by atoms with Crippen LogP contribution in [0.25, 0.3) is 0 Å². The Hall–Kier alpha value is -1.85. The molecule has 0 aliphatic heterocycles. The number of likely N-dealkylation sites (N-methyl/N-ethyl adjacent to an activating group) is 1. The van der Waals surface area contributed by atoms with Crippen molar-refractivity contribution in [1.82, 2.24) is 14.7 Å². The normalized spacial score (nSPS) is 12.3. The quantitative estimate of drug-likeness (QED) is 0.860. The summed E-state index contributed by atoms with van der Waals surface area (Å²) < 4.78 is 1.59. The minimum atomic E-state index is -0.896. The molecule has 1 N–H and O–H groups in total. The van der Waals surface area contributed by atoms with E-state index in [1.165, 1.54) is 4.90 Å². The van der Waals surface area contributed by atoms with Crippen molar-refractivity contribution in [2.24, 2.45) is 0 Å². The summed E-state index contributed by atoms with van der Waals surface area (Å²) in [4.78, 5) is 24.2. The van der Waals surface area contributed by atoms with E-state index in [2.05, 4.69) is 5.10 Å². The molecule has 1 rings (SSSR count). The van der Waals surface area contributed by atoms with Gasteiger partial charge in [0.25, 0.3) is 0 Å². The number of carbonyl (C=O) groups excluding carboxylic acids is 1. The van der Waals surface area contributed by atoms with Crippen LogP contribution in [0.4, 0.5) is 0 Å². The lowest BCUT2D eigenvalue weighted by atomic mass is 10.1. The van der Waals surface area contributed by atoms with E-state index >= 15 is 0 Å². The fourth-order valence-electron chi connectivity index (χ4n) is 1.96. The number of aromatic nitrogens is 2. The van der Waals surface area contributed by atoms with Gasteiger partial charge in [0.1, 0.15) is 6.04 Å². The van der Waals surface area contributed by atoms with Crippen LogP contribution in [0.15, 0.2) is 0 Å². The van der Waals surface area contributed by atoms with Crippen LogP contribution in [0, 0.1) is 13.8 Å². The van der Waals surface area contributed by atoms with Crippen molar-refractivity contribution < 1.29 is 14.7 Å². The van der Waals surface area contributed by atoms with Gasteiger partial charge in [0.05, 0.1) is 12.1 Å². The predicted octanol–water partition coefficient (Wildman–Crippen LogP) is 0.776. The van der Waals surface area contributed by atoms with Crippen LogP contribution in [0.1, 0.15) is 29.9 Å². The smallest absolute Gasteiger partial charge is 0.307 e. The average Bonchev–Trinajstić information content (AvgIpc) is 2.54. The lowest BCUT2D eigenvalue weighted by molar-refractivity contribution is -0.136. The highest BCUT2D eigenvalue weighted by molar-refractivity contribution is 5.79. The number of hydrogen-bond donors (Lipinski definition) is 1. The lowest BCUT2D eigenvalue weighted by Gasteiger charge is -2.18. The van der Waals surface area contributed by atoms with Gasteiger partial charge in [0, 0.05) is 25.4 Å². The van der Waals surface area contributed by atoms with E-state index < -0.39 is 12.0 Å². The van der Waals surface area contributed by atoms with Gasteiger partial charge in [-0.15, -0.1) is 0 Å². The van der Waals surface area contributed by atoms with Gasteiger partial charge in [0.2, 0.25) is 5.91 Å². The zero-order valence-electron chi connectivity index (χ0n) is 11.4. The summed E-state index contributed by atoms with van der Waals surface area (Å²) in [6.07, 6.45) is -0.0689. The molecule has 0 aromatic carbocycles. The van der Waals surface area contributed by atoms with Gasteiger partial charge in [-0.2, -0.15) is 5.10 Å². The van der Waals surface area contributed by atoms with E-state index in [-0.39, 0.29) is 12.3 Å². The van der Waals surface area contributed by atoms with Crippen LogP contribution >= 0.6 is 0 Å². The third-order valence-corrected chi connectivity index (χ3v) is 2.97. The maximum atomic E-state index is 11.9. The molecule has 0 saturated carbocycles. The second kappa shape index (κ2) is 5.20. The van der Waals surface area contributed by atoms with E-state index in [0.29, 0.717) is 11.3 Å². The number of carboxylic acids is 1. The van der Waals surface area contributed by atoms with Crippen molar-refractivity contribution in [2.45, 2.75) is 33.2 Å². The third-order valence-electron chi connectivity index (χ3n) is 2.97. The van der Waals surface area contributed by atoms with E-state index in [0.717, 1.165) is 5.69 Å². The molecule has 18 heavy (non-hydrogen) atoms. The van der Waals surface area contributed by atoms with Gasteiger partial charge in [0.15, 0.2) is 0 Å². The van der Waals surface area contributed by atoms with Crippen LogP contribution in [-0.4, -0.2) is 45.8 Å². The maximum absolute atomic E-state index is 11.9. The zero-order chi connectivity index (χ0) is 14.0. The molecule has 1 aromatic rings. The number of rotatable bonds is 4. The summed E-state index contributed by atoms with van der Waals surface area (Å²) in [6, 6.07) is -0.429. The summed E-state index contributed by atoms with van der Waals surface area (Å²) in [5.41, 5.74) is 2.08. The van der Waals surface area contributed by atoms with Crippen molar-refractivity contribution in [2.75, 3.05) is 14.1 Å². The van der Waals surface area contributed by atoms with Crippen LogP contribution in [0.3, 0.4) is 0 Å². The van der Waals surface area contributed by atoms with E-state index in [1.807, 2.05) is 0 Å². The fourth-order valence-corrected chi connectivity index (χ4v) is 1.96. The maximum Gasteiger partial charge on any atom is 0.307 e. The molecule has 0 bridgehead atoms. The first-order valence-electron chi connectivity index (χ1n) is 5.73. The Balaban J connectivity index is 3.12. The first-order valence-corrected chi connectivity index (χ1v) is 5.73. The Kier molecular flexibility index (Phi) is 4.11. The fraction of sp³-hybridized carbons (Fsp3) is 0.583. The van der Waals surface area contributed by atoms with Crippen LogP contribution in [-0.2, 0) is 16.0 Å². The van der Waals surface area contributed by atoms with Crippen LogP contribution in [0.2, 0.25) is 0 Å².